The third-order valence-electron chi connectivity index (χ3n) is 5.38. The molecule has 0 aliphatic heterocycles. The first kappa shape index (κ1) is 33.4. The van der Waals surface area contributed by atoms with E-state index in [1.807, 2.05) is 6.92 Å². The maximum atomic E-state index is 13.4. The fourth-order valence-electron chi connectivity index (χ4n) is 3.38. The van der Waals surface area contributed by atoms with Crippen molar-refractivity contribution in [1.82, 2.24) is 30.4 Å². The minimum Gasteiger partial charge on any atom is -0.756 e. The molecule has 0 unspecified atom stereocenters. The number of rotatable bonds is 12. The smallest absolute Gasteiger partial charge is 0.510 e. The predicted octanol–water partition coefficient (Wildman–Crippen LogP) is 3.27. The Bertz CT molecular complexity index is 1510. The lowest BCUT2D eigenvalue weighted by molar-refractivity contribution is -0.190. The van der Waals surface area contributed by atoms with Gasteiger partial charge >= 0.3 is 12.3 Å². The van der Waals surface area contributed by atoms with Gasteiger partial charge in [-0.05, 0) is 51.1 Å². The summed E-state index contributed by atoms with van der Waals surface area (Å²) < 4.78 is 77.8. The highest BCUT2D eigenvalue weighted by Crippen LogP contribution is 2.33. The zero-order valence-corrected chi connectivity index (χ0v) is 24.1. The van der Waals surface area contributed by atoms with Crippen molar-refractivity contribution in [2.45, 2.75) is 37.9 Å². The molecule has 0 saturated heterocycles. The maximum absolute atomic E-state index is 13.4. The number of benzene rings is 2. The van der Waals surface area contributed by atoms with Crippen molar-refractivity contribution in [2.75, 3.05) is 20.4 Å². The van der Waals surface area contributed by atoms with Gasteiger partial charge in [0.15, 0.2) is 5.69 Å². The Labute approximate surface area is 244 Å². The molecule has 43 heavy (non-hydrogen) atoms. The first-order valence-electron chi connectivity index (χ1n) is 12.4. The van der Waals surface area contributed by atoms with Gasteiger partial charge in [0.05, 0.1) is 28.9 Å². The van der Waals surface area contributed by atoms with Crippen molar-refractivity contribution in [3.8, 4) is 16.9 Å². The highest BCUT2D eigenvalue weighted by molar-refractivity contribution is 7.90. The van der Waals surface area contributed by atoms with Crippen molar-refractivity contribution in [1.29, 1.82) is 0 Å². The minimum absolute atomic E-state index is 0.0664. The summed E-state index contributed by atoms with van der Waals surface area (Å²) in [6.07, 6.45) is -6.19. The van der Waals surface area contributed by atoms with Gasteiger partial charge in [-0.25, -0.2) is 37.7 Å². The van der Waals surface area contributed by atoms with Crippen LogP contribution >= 0.6 is 0 Å². The molecule has 18 heteroatoms. The standard InChI is InChI=1S/C25H28F3N6O8S/c1-16(2)42-24(36)40-15-41-31-34(37)32(4)14-23(35)30-43(38,39)20-11-9-19(10-12-20)33-21(13-22(29-33)25(26,27)28)18-7-5-17(3)6-8-18/h5-13,16,31H,14-15H2,1-4H3,(H,30,35)/q-1. The van der Waals surface area contributed by atoms with Crippen LogP contribution in [-0.4, -0.2) is 67.0 Å². The highest BCUT2D eigenvalue weighted by atomic mass is 32.2. The Kier molecular flexibility index (Phi) is 10.8. The molecule has 1 aromatic heterocycles. The second-order valence-electron chi connectivity index (χ2n) is 9.22. The second-order valence-corrected chi connectivity index (χ2v) is 10.9. The summed E-state index contributed by atoms with van der Waals surface area (Å²) in [4.78, 5) is 27.8. The Morgan fingerprint density at radius 1 is 1.09 bits per heavy atom. The van der Waals surface area contributed by atoms with E-state index in [2.05, 4.69) is 19.4 Å². The van der Waals surface area contributed by atoms with Gasteiger partial charge in [-0.1, -0.05) is 29.8 Å². The van der Waals surface area contributed by atoms with Crippen LogP contribution in [0.2, 0.25) is 0 Å². The number of carbonyl (C=O) groups excluding carboxylic acids is 2. The van der Waals surface area contributed by atoms with Crippen LogP contribution in [0.5, 0.6) is 0 Å². The lowest BCUT2D eigenvalue weighted by Crippen LogP contribution is -2.49. The SMILES string of the molecule is Cc1ccc(-c2cc(C(F)(F)F)nn2-c2ccc(S(=O)(=O)NC(=O)CN(C)N([O-])NOCOC(=O)OC(C)C)cc2)cc1. The van der Waals surface area contributed by atoms with Gasteiger partial charge in [0.2, 0.25) is 12.7 Å². The molecule has 0 spiro atoms. The van der Waals surface area contributed by atoms with Crippen molar-refractivity contribution in [3.05, 3.63) is 71.1 Å². The molecular formula is C25H28F3N6O8S-. The molecule has 14 nitrogen and oxygen atoms in total. The average Bonchev–Trinajstić information content (AvgIpc) is 3.37. The quantitative estimate of drug-likeness (QED) is 0.130. The molecule has 1 amide bonds. The van der Waals surface area contributed by atoms with E-state index in [-0.39, 0.29) is 21.6 Å². The predicted molar refractivity (Wildman–Crippen MR) is 144 cm³/mol. The molecule has 0 radical (unpaired) electrons. The molecule has 0 fully saturated rings. The van der Waals surface area contributed by atoms with Gasteiger partial charge < -0.3 is 14.7 Å². The normalized spacial score (nSPS) is 12.2. The van der Waals surface area contributed by atoms with Crippen molar-refractivity contribution >= 4 is 22.1 Å². The van der Waals surface area contributed by atoms with E-state index in [0.29, 0.717) is 10.6 Å². The summed E-state index contributed by atoms with van der Waals surface area (Å²) in [5.74, 6) is -1.10. The molecule has 0 bridgehead atoms. The number of sulfonamides is 1. The van der Waals surface area contributed by atoms with Crippen LogP contribution in [0.4, 0.5) is 18.0 Å². The number of carbonyl (C=O) groups is 2. The fraction of sp³-hybridized carbons (Fsp3) is 0.320. The Morgan fingerprint density at radius 3 is 2.30 bits per heavy atom. The number of hydrazine groups is 2. The number of nitrogens with one attached hydrogen (secondary N) is 2. The zero-order valence-electron chi connectivity index (χ0n) is 23.3. The number of amides is 1. The van der Waals surface area contributed by atoms with Crippen molar-refractivity contribution in [2.24, 2.45) is 0 Å². The van der Waals surface area contributed by atoms with Gasteiger partial charge in [0.1, 0.15) is 0 Å². The summed E-state index contributed by atoms with van der Waals surface area (Å²) >= 11 is 0. The van der Waals surface area contributed by atoms with Crippen LogP contribution in [0.25, 0.3) is 16.9 Å². The lowest BCUT2D eigenvalue weighted by Gasteiger charge is -2.35. The highest BCUT2D eigenvalue weighted by Gasteiger charge is 2.35. The Hall–Kier alpha value is -4.07. The number of aromatic nitrogens is 2. The van der Waals surface area contributed by atoms with Crippen LogP contribution in [-0.2, 0) is 35.3 Å². The summed E-state index contributed by atoms with van der Waals surface area (Å²) in [5, 5.41) is 16.2. The zero-order chi connectivity index (χ0) is 31.9. The van der Waals surface area contributed by atoms with Gasteiger partial charge in [0.25, 0.3) is 10.0 Å². The average molecular weight is 630 g/mol. The van der Waals surface area contributed by atoms with E-state index in [1.54, 1.807) is 48.4 Å². The van der Waals surface area contributed by atoms with Crippen LogP contribution in [0.3, 0.4) is 0 Å². The van der Waals surface area contributed by atoms with Gasteiger partial charge in [-0.3, -0.25) is 4.79 Å². The fourth-order valence-corrected chi connectivity index (χ4v) is 4.36. The van der Waals surface area contributed by atoms with Crippen LogP contribution < -0.4 is 10.3 Å². The third kappa shape index (κ3) is 9.46. The summed E-state index contributed by atoms with van der Waals surface area (Å²) in [6.45, 7) is 3.55. The van der Waals surface area contributed by atoms with E-state index in [9.17, 15) is 36.4 Å². The molecule has 1 heterocycles. The number of halogens is 3. The summed E-state index contributed by atoms with van der Waals surface area (Å²) in [6, 6.07) is 12.2. The number of ether oxygens (including phenoxy) is 2. The lowest BCUT2D eigenvalue weighted by atomic mass is 10.1. The number of hydrogen-bond acceptors (Lipinski definition) is 12. The molecule has 2 aromatic carbocycles. The monoisotopic (exact) mass is 629 g/mol. The number of likely N-dealkylation sites (N-methyl/N-ethyl adjacent to an activating group) is 1. The van der Waals surface area contributed by atoms with Gasteiger partial charge in [-0.2, -0.15) is 18.3 Å². The minimum atomic E-state index is -4.72. The maximum Gasteiger partial charge on any atom is 0.510 e. The molecule has 0 aliphatic carbocycles. The van der Waals surface area contributed by atoms with Crippen LogP contribution in [0.1, 0.15) is 25.1 Å². The number of nitrogens with zero attached hydrogens (tertiary/aromatic N) is 4. The molecule has 3 rings (SSSR count). The summed E-state index contributed by atoms with van der Waals surface area (Å²) in [5.41, 5.74) is 2.28. The number of hydrogen-bond donors (Lipinski definition) is 2. The van der Waals surface area contributed by atoms with Gasteiger partial charge in [0, 0.05) is 12.6 Å². The van der Waals surface area contributed by atoms with E-state index < -0.39 is 53.4 Å². The Morgan fingerprint density at radius 2 is 1.72 bits per heavy atom. The third-order valence-corrected chi connectivity index (χ3v) is 6.77. The molecule has 0 atom stereocenters. The molecule has 0 saturated carbocycles. The van der Waals surface area contributed by atoms with Crippen molar-refractivity contribution < 1.29 is 45.5 Å². The van der Waals surface area contributed by atoms with E-state index in [0.717, 1.165) is 35.5 Å². The first-order valence-corrected chi connectivity index (χ1v) is 13.8. The van der Waals surface area contributed by atoms with E-state index in [4.69, 9.17) is 0 Å². The number of aryl methyl sites for hydroxylation is 1. The summed E-state index contributed by atoms with van der Waals surface area (Å²) in [7, 11) is -3.31. The topological polar surface area (TPSA) is 167 Å². The molecular weight excluding hydrogens is 601 g/mol. The van der Waals surface area contributed by atoms with Crippen molar-refractivity contribution in [3.63, 3.8) is 0 Å². The van der Waals surface area contributed by atoms with Crippen LogP contribution in [0, 0.1) is 12.1 Å². The molecule has 234 valence electrons. The van der Waals surface area contributed by atoms with E-state index >= 15 is 0 Å². The van der Waals surface area contributed by atoms with Gasteiger partial charge in [-0.15, -0.1) is 5.59 Å². The Balaban J connectivity index is 1.65. The molecule has 3 aromatic rings. The van der Waals surface area contributed by atoms with E-state index in [1.165, 1.54) is 12.1 Å². The second kappa shape index (κ2) is 13.9. The first-order chi connectivity index (χ1) is 20.1. The van der Waals surface area contributed by atoms with Crippen LogP contribution in [0.15, 0.2) is 59.5 Å². The number of alkyl halides is 3. The molecule has 0 aliphatic rings. The molecule has 2 N–H and O–H groups in total. The largest absolute Gasteiger partial charge is 0.756 e.